The van der Waals surface area contributed by atoms with Gasteiger partial charge in [-0.3, -0.25) is 10.1 Å². The number of hydrogen-bond donors (Lipinski definition) is 1. The van der Waals surface area contributed by atoms with Crippen LogP contribution in [-0.2, 0) is 19.0 Å². The summed E-state index contributed by atoms with van der Waals surface area (Å²) in [5.74, 6) is -0.147. The van der Waals surface area contributed by atoms with Gasteiger partial charge in [0.2, 0.25) is 0 Å². The monoisotopic (exact) mass is 299 g/mol. The van der Waals surface area contributed by atoms with E-state index in [2.05, 4.69) is 19.2 Å². The molecule has 0 radical (unpaired) electrons. The van der Waals surface area contributed by atoms with Gasteiger partial charge < -0.3 is 14.2 Å². The van der Waals surface area contributed by atoms with Crippen LogP contribution in [0.15, 0.2) is 0 Å². The first-order valence-corrected chi connectivity index (χ1v) is 8.21. The number of carbonyl (C=O) groups excluding carboxylic acids is 1. The van der Waals surface area contributed by atoms with Gasteiger partial charge in [-0.25, -0.2) is 0 Å². The Bertz CT molecular complexity index is 356. The molecule has 0 aromatic rings. The predicted octanol–water partition coefficient (Wildman–Crippen LogP) is 2.04. The first kappa shape index (κ1) is 16.7. The molecule has 122 valence electrons. The van der Waals surface area contributed by atoms with E-state index in [4.69, 9.17) is 14.2 Å². The molecule has 0 bridgehead atoms. The van der Waals surface area contributed by atoms with E-state index in [0.717, 1.165) is 25.9 Å². The van der Waals surface area contributed by atoms with E-state index in [1.54, 1.807) is 0 Å². The molecule has 2 heterocycles. The maximum Gasteiger partial charge on any atom is 0.326 e. The molecule has 0 saturated carbocycles. The van der Waals surface area contributed by atoms with Crippen molar-refractivity contribution in [1.82, 2.24) is 5.32 Å². The number of hydrogen-bond acceptors (Lipinski definition) is 5. The standard InChI is InChI=1S/C16H29NO4/c1-4-15(3)12-16(8-10-21-15,14(18)19-5-2)17-11-13-7-6-9-20-13/h13,17H,4-12H2,1-3H3. The fraction of sp³-hybridized carbons (Fsp3) is 0.938. The van der Waals surface area contributed by atoms with Gasteiger partial charge in [-0.2, -0.15) is 0 Å². The van der Waals surface area contributed by atoms with Crippen LogP contribution in [0.1, 0.15) is 52.9 Å². The smallest absolute Gasteiger partial charge is 0.326 e. The van der Waals surface area contributed by atoms with E-state index >= 15 is 0 Å². The SMILES string of the molecule is CCOC(=O)C1(NCC2CCCO2)CCOC(C)(CC)C1. The van der Waals surface area contributed by atoms with E-state index in [1.807, 2.05) is 6.92 Å². The van der Waals surface area contributed by atoms with Crippen LogP contribution < -0.4 is 5.32 Å². The van der Waals surface area contributed by atoms with E-state index < -0.39 is 5.54 Å². The van der Waals surface area contributed by atoms with Gasteiger partial charge in [0.15, 0.2) is 0 Å². The third kappa shape index (κ3) is 3.96. The van der Waals surface area contributed by atoms with E-state index in [1.165, 1.54) is 0 Å². The average Bonchev–Trinajstić information content (AvgIpc) is 2.99. The van der Waals surface area contributed by atoms with Gasteiger partial charge in [0.05, 0.1) is 18.3 Å². The third-order valence-electron chi connectivity index (χ3n) is 4.76. The zero-order valence-electron chi connectivity index (χ0n) is 13.6. The number of carbonyl (C=O) groups is 1. The second-order valence-corrected chi connectivity index (χ2v) is 6.40. The second kappa shape index (κ2) is 7.07. The van der Waals surface area contributed by atoms with Gasteiger partial charge in [-0.05, 0) is 39.5 Å². The Kier molecular flexibility index (Phi) is 5.63. The molecule has 0 amide bonds. The van der Waals surface area contributed by atoms with E-state index in [9.17, 15) is 4.79 Å². The molecule has 2 fully saturated rings. The van der Waals surface area contributed by atoms with Gasteiger partial charge in [-0.15, -0.1) is 0 Å². The maximum absolute atomic E-state index is 12.5. The van der Waals surface area contributed by atoms with Crippen molar-refractivity contribution in [2.45, 2.75) is 70.1 Å². The summed E-state index contributed by atoms with van der Waals surface area (Å²) in [6, 6.07) is 0. The van der Waals surface area contributed by atoms with Crippen LogP contribution in [0.25, 0.3) is 0 Å². The largest absolute Gasteiger partial charge is 0.465 e. The van der Waals surface area contributed by atoms with Crippen LogP contribution in [0.5, 0.6) is 0 Å². The molecule has 1 N–H and O–H groups in total. The summed E-state index contributed by atoms with van der Waals surface area (Å²) in [5, 5.41) is 3.47. The lowest BCUT2D eigenvalue weighted by atomic mass is 9.79. The molecule has 5 nitrogen and oxygen atoms in total. The highest BCUT2D eigenvalue weighted by Crippen LogP contribution is 2.35. The molecule has 0 aliphatic carbocycles. The van der Waals surface area contributed by atoms with Gasteiger partial charge in [-0.1, -0.05) is 6.92 Å². The molecule has 2 saturated heterocycles. The lowest BCUT2D eigenvalue weighted by Gasteiger charge is -2.45. The Morgan fingerprint density at radius 1 is 1.38 bits per heavy atom. The fourth-order valence-electron chi connectivity index (χ4n) is 3.26. The number of esters is 1. The molecule has 0 spiro atoms. The second-order valence-electron chi connectivity index (χ2n) is 6.40. The molecular formula is C16H29NO4. The lowest BCUT2D eigenvalue weighted by molar-refractivity contribution is -0.166. The topological polar surface area (TPSA) is 56.8 Å². The summed E-state index contributed by atoms with van der Waals surface area (Å²) in [6.07, 6.45) is 4.58. The molecule has 2 rings (SSSR count). The summed E-state index contributed by atoms with van der Waals surface area (Å²) in [4.78, 5) is 12.5. The highest BCUT2D eigenvalue weighted by Gasteiger charge is 2.48. The van der Waals surface area contributed by atoms with Crippen molar-refractivity contribution in [2.75, 3.05) is 26.4 Å². The molecule has 21 heavy (non-hydrogen) atoms. The minimum atomic E-state index is -0.634. The highest BCUT2D eigenvalue weighted by atomic mass is 16.5. The van der Waals surface area contributed by atoms with Crippen LogP contribution in [0, 0.1) is 0 Å². The minimum Gasteiger partial charge on any atom is -0.465 e. The molecule has 0 aromatic carbocycles. The Morgan fingerprint density at radius 3 is 2.81 bits per heavy atom. The zero-order valence-corrected chi connectivity index (χ0v) is 13.6. The predicted molar refractivity (Wildman–Crippen MR) is 80.2 cm³/mol. The molecule has 0 aromatic heterocycles. The van der Waals surface area contributed by atoms with E-state index in [0.29, 0.717) is 32.6 Å². The first-order chi connectivity index (χ1) is 10.0. The van der Waals surface area contributed by atoms with Crippen molar-refractivity contribution in [3.05, 3.63) is 0 Å². The average molecular weight is 299 g/mol. The molecule has 2 aliphatic heterocycles. The number of ether oxygens (including phenoxy) is 3. The van der Waals surface area contributed by atoms with Crippen molar-refractivity contribution < 1.29 is 19.0 Å². The first-order valence-electron chi connectivity index (χ1n) is 8.21. The number of nitrogens with one attached hydrogen (secondary N) is 1. The van der Waals surface area contributed by atoms with Gasteiger partial charge >= 0.3 is 5.97 Å². The molecule has 3 unspecified atom stereocenters. The lowest BCUT2D eigenvalue weighted by Crippen LogP contribution is -2.61. The van der Waals surface area contributed by atoms with Gasteiger partial charge in [0.1, 0.15) is 5.54 Å². The normalized spacial score (nSPS) is 36.6. The summed E-state index contributed by atoms with van der Waals surface area (Å²) in [5.41, 5.74) is -0.903. The highest BCUT2D eigenvalue weighted by molar-refractivity contribution is 5.81. The van der Waals surface area contributed by atoms with Crippen molar-refractivity contribution in [3.8, 4) is 0 Å². The molecule has 2 aliphatic rings. The Balaban J connectivity index is 2.07. The third-order valence-corrected chi connectivity index (χ3v) is 4.76. The summed E-state index contributed by atoms with van der Waals surface area (Å²) >= 11 is 0. The van der Waals surface area contributed by atoms with Crippen molar-refractivity contribution in [1.29, 1.82) is 0 Å². The Labute approximate surface area is 127 Å². The van der Waals surface area contributed by atoms with Gasteiger partial charge in [0, 0.05) is 26.2 Å². The molecular weight excluding hydrogens is 270 g/mol. The fourth-order valence-corrected chi connectivity index (χ4v) is 3.26. The summed E-state index contributed by atoms with van der Waals surface area (Å²) in [7, 11) is 0. The van der Waals surface area contributed by atoms with Crippen molar-refractivity contribution in [3.63, 3.8) is 0 Å². The maximum atomic E-state index is 12.5. The number of rotatable bonds is 6. The Hall–Kier alpha value is -0.650. The zero-order chi connectivity index (χ0) is 15.3. The van der Waals surface area contributed by atoms with Crippen LogP contribution >= 0.6 is 0 Å². The molecule has 3 atom stereocenters. The minimum absolute atomic E-state index is 0.147. The van der Waals surface area contributed by atoms with E-state index in [-0.39, 0.29) is 17.7 Å². The van der Waals surface area contributed by atoms with Crippen LogP contribution in [-0.4, -0.2) is 49.6 Å². The van der Waals surface area contributed by atoms with Crippen LogP contribution in [0.2, 0.25) is 0 Å². The van der Waals surface area contributed by atoms with Crippen molar-refractivity contribution in [2.24, 2.45) is 0 Å². The quantitative estimate of drug-likeness (QED) is 0.761. The van der Waals surface area contributed by atoms with Crippen LogP contribution in [0.4, 0.5) is 0 Å². The summed E-state index contributed by atoms with van der Waals surface area (Å²) in [6.45, 7) is 8.56. The van der Waals surface area contributed by atoms with Crippen LogP contribution in [0.3, 0.4) is 0 Å². The van der Waals surface area contributed by atoms with Gasteiger partial charge in [0.25, 0.3) is 0 Å². The van der Waals surface area contributed by atoms with Crippen molar-refractivity contribution >= 4 is 5.97 Å². The summed E-state index contributed by atoms with van der Waals surface area (Å²) < 4.78 is 16.9. The Morgan fingerprint density at radius 2 is 2.19 bits per heavy atom. The molecule has 5 heteroatoms.